The summed E-state index contributed by atoms with van der Waals surface area (Å²) in [7, 11) is 1.75. The fourth-order valence-electron chi connectivity index (χ4n) is 6.19. The average Bonchev–Trinajstić information content (AvgIpc) is 3.35. The number of thioether (sulfide) groups is 1. The number of hydrogen-bond acceptors (Lipinski definition) is 6. The van der Waals surface area contributed by atoms with E-state index in [1.807, 2.05) is 49.6 Å². The molecule has 1 aliphatic carbocycles. The van der Waals surface area contributed by atoms with Crippen molar-refractivity contribution in [1.29, 1.82) is 0 Å². The van der Waals surface area contributed by atoms with Gasteiger partial charge in [-0.15, -0.1) is 0 Å². The molecule has 1 amide bonds. The van der Waals surface area contributed by atoms with Crippen molar-refractivity contribution in [2.75, 3.05) is 38.9 Å². The van der Waals surface area contributed by atoms with E-state index in [4.69, 9.17) is 9.47 Å². The number of carbonyl (C=O) groups excluding carboxylic acids is 1. The molecule has 1 aliphatic heterocycles. The van der Waals surface area contributed by atoms with Crippen molar-refractivity contribution in [3.8, 4) is 11.1 Å². The minimum atomic E-state index is -1.01. The van der Waals surface area contributed by atoms with Crippen LogP contribution in [-0.4, -0.2) is 78.9 Å². The highest BCUT2D eigenvalue weighted by atomic mass is 32.2. The lowest BCUT2D eigenvalue weighted by Gasteiger charge is -2.25. The summed E-state index contributed by atoms with van der Waals surface area (Å²) >= 11 is 1.57. The number of benzene rings is 2. The van der Waals surface area contributed by atoms with Crippen molar-refractivity contribution in [1.82, 2.24) is 10.2 Å². The second kappa shape index (κ2) is 15.7. The molecular formula is C33H46N2O5S. The van der Waals surface area contributed by atoms with Gasteiger partial charge >= 0.3 is 5.97 Å². The molecule has 1 saturated heterocycles. The summed E-state index contributed by atoms with van der Waals surface area (Å²) in [5.41, 5.74) is 4.44. The summed E-state index contributed by atoms with van der Waals surface area (Å²) in [6, 6.07) is 13.3. The van der Waals surface area contributed by atoms with Crippen LogP contribution in [0.1, 0.15) is 66.4 Å². The molecular weight excluding hydrogens is 536 g/mol. The van der Waals surface area contributed by atoms with Crippen molar-refractivity contribution < 1.29 is 24.2 Å². The maximum Gasteiger partial charge on any atom is 0.326 e. The van der Waals surface area contributed by atoms with Gasteiger partial charge in [0, 0.05) is 38.4 Å². The lowest BCUT2D eigenvalue weighted by atomic mass is 9.90. The first-order chi connectivity index (χ1) is 19.9. The quantitative estimate of drug-likeness (QED) is 0.292. The van der Waals surface area contributed by atoms with Crippen LogP contribution in [0, 0.1) is 12.8 Å². The number of ether oxygens (including phenoxy) is 2. The highest BCUT2D eigenvalue weighted by Crippen LogP contribution is 2.31. The normalized spacial score (nSPS) is 20.7. The summed E-state index contributed by atoms with van der Waals surface area (Å²) in [5.74, 6) is -0.0293. The molecule has 0 aromatic heterocycles. The third-order valence-corrected chi connectivity index (χ3v) is 9.15. The topological polar surface area (TPSA) is 88.1 Å². The molecule has 2 aliphatic rings. The number of hydrogen-bond donors (Lipinski definition) is 2. The number of amides is 1. The van der Waals surface area contributed by atoms with E-state index in [1.54, 1.807) is 18.9 Å². The van der Waals surface area contributed by atoms with Gasteiger partial charge in [-0.05, 0) is 84.9 Å². The van der Waals surface area contributed by atoms with E-state index in [2.05, 4.69) is 16.3 Å². The molecule has 2 aromatic rings. The minimum absolute atomic E-state index is 0.201. The number of nitrogens with one attached hydrogen (secondary N) is 1. The van der Waals surface area contributed by atoms with E-state index in [1.165, 1.54) is 32.1 Å². The van der Waals surface area contributed by atoms with E-state index in [-0.39, 0.29) is 18.1 Å². The largest absolute Gasteiger partial charge is 0.480 e. The molecule has 3 atom stereocenters. The molecule has 41 heavy (non-hydrogen) atoms. The van der Waals surface area contributed by atoms with Crippen LogP contribution in [0.2, 0.25) is 0 Å². The molecule has 2 N–H and O–H groups in total. The first-order valence-corrected chi connectivity index (χ1v) is 16.3. The van der Waals surface area contributed by atoms with Crippen LogP contribution in [0.15, 0.2) is 42.5 Å². The number of aryl methyl sites for hydroxylation is 1. The van der Waals surface area contributed by atoms with Crippen LogP contribution in [-0.2, 0) is 20.8 Å². The predicted molar refractivity (Wildman–Crippen MR) is 166 cm³/mol. The lowest BCUT2D eigenvalue weighted by molar-refractivity contribution is -0.139. The van der Waals surface area contributed by atoms with Crippen LogP contribution in [0.25, 0.3) is 11.1 Å². The Morgan fingerprint density at radius 1 is 1.10 bits per heavy atom. The Balaban J connectivity index is 1.53. The van der Waals surface area contributed by atoms with E-state index < -0.39 is 12.0 Å². The van der Waals surface area contributed by atoms with Gasteiger partial charge < -0.3 is 19.9 Å². The fourth-order valence-corrected chi connectivity index (χ4v) is 6.66. The Kier molecular flexibility index (Phi) is 12.1. The number of nitrogens with zero attached hydrogens (tertiary/aromatic N) is 1. The number of likely N-dealkylation sites (tertiary alicyclic amines) is 1. The van der Waals surface area contributed by atoms with Gasteiger partial charge in [-0.2, -0.15) is 11.8 Å². The molecule has 7 nitrogen and oxygen atoms in total. The van der Waals surface area contributed by atoms with Gasteiger partial charge in [-0.25, -0.2) is 4.79 Å². The van der Waals surface area contributed by atoms with Crippen LogP contribution in [0.4, 0.5) is 0 Å². The number of aliphatic carboxylic acids is 1. The number of carboxylic acids is 1. The molecule has 1 saturated carbocycles. The molecule has 0 spiro atoms. The Morgan fingerprint density at radius 2 is 1.88 bits per heavy atom. The van der Waals surface area contributed by atoms with Gasteiger partial charge in [0.15, 0.2) is 0 Å². The molecule has 4 rings (SSSR count). The van der Waals surface area contributed by atoms with Crippen molar-refractivity contribution in [2.45, 2.75) is 76.6 Å². The number of rotatable bonds is 14. The van der Waals surface area contributed by atoms with Gasteiger partial charge in [-0.1, -0.05) is 49.6 Å². The Hall–Kier alpha value is -2.39. The van der Waals surface area contributed by atoms with Gasteiger partial charge in [0.1, 0.15) is 6.04 Å². The van der Waals surface area contributed by atoms with Crippen LogP contribution in [0.3, 0.4) is 0 Å². The van der Waals surface area contributed by atoms with Crippen LogP contribution >= 0.6 is 11.8 Å². The second-order valence-corrected chi connectivity index (χ2v) is 12.6. The molecule has 2 fully saturated rings. The highest BCUT2D eigenvalue weighted by molar-refractivity contribution is 7.98. The molecule has 0 bridgehead atoms. The molecule has 2 aromatic carbocycles. The van der Waals surface area contributed by atoms with Crippen LogP contribution < -0.4 is 5.32 Å². The third kappa shape index (κ3) is 8.80. The van der Waals surface area contributed by atoms with Crippen molar-refractivity contribution in [3.63, 3.8) is 0 Å². The average molecular weight is 583 g/mol. The minimum Gasteiger partial charge on any atom is -0.480 e. The maximum absolute atomic E-state index is 13.4. The molecule has 3 unspecified atom stereocenters. The molecule has 8 heteroatoms. The zero-order chi connectivity index (χ0) is 29.2. The molecule has 1 heterocycles. The maximum atomic E-state index is 13.4. The SMILES string of the molecule is COCC1CC(OCC2CCCCC2)CN1Cc1ccc(C(=O)NC(CCSC)C(=O)O)c(-c2ccccc2C)c1. The van der Waals surface area contributed by atoms with Crippen molar-refractivity contribution in [3.05, 3.63) is 59.2 Å². The standard InChI is InChI=1S/C33H46N2O5S/c1-23-9-7-8-12-28(23)30-17-25(13-14-29(30)32(36)34-31(33(37)38)15-16-41-3)19-35-20-27(18-26(35)22-39-2)40-21-24-10-5-4-6-11-24/h7-9,12-14,17,24,26-27,31H,4-6,10-11,15-16,18-22H2,1-3H3,(H,34,36)(H,37,38). The Morgan fingerprint density at radius 3 is 2.59 bits per heavy atom. The van der Waals surface area contributed by atoms with Crippen LogP contribution in [0.5, 0.6) is 0 Å². The fraction of sp³-hybridized carbons (Fsp3) is 0.576. The van der Waals surface area contributed by atoms with E-state index in [0.29, 0.717) is 30.3 Å². The van der Waals surface area contributed by atoms with Crippen molar-refractivity contribution >= 4 is 23.6 Å². The smallest absolute Gasteiger partial charge is 0.326 e. The summed E-state index contributed by atoms with van der Waals surface area (Å²) < 4.78 is 12.0. The first kappa shape index (κ1) is 31.5. The van der Waals surface area contributed by atoms with Gasteiger partial charge in [0.2, 0.25) is 0 Å². The monoisotopic (exact) mass is 582 g/mol. The Labute approximate surface area is 249 Å². The van der Waals surface area contributed by atoms with Gasteiger partial charge in [-0.3, -0.25) is 9.69 Å². The molecule has 0 radical (unpaired) electrons. The number of carbonyl (C=O) groups is 2. The van der Waals surface area contributed by atoms with E-state index in [0.717, 1.165) is 48.4 Å². The summed E-state index contributed by atoms with van der Waals surface area (Å²) in [6.07, 6.45) is 10.0. The summed E-state index contributed by atoms with van der Waals surface area (Å²) in [4.78, 5) is 27.7. The zero-order valence-corrected chi connectivity index (χ0v) is 25.6. The number of carboxylic acid groups (broad SMARTS) is 1. The van der Waals surface area contributed by atoms with E-state index in [9.17, 15) is 14.7 Å². The zero-order valence-electron chi connectivity index (χ0n) is 24.8. The van der Waals surface area contributed by atoms with Crippen molar-refractivity contribution in [2.24, 2.45) is 5.92 Å². The highest BCUT2D eigenvalue weighted by Gasteiger charge is 2.33. The first-order valence-electron chi connectivity index (χ1n) is 15.0. The Bertz CT molecular complexity index is 1150. The predicted octanol–water partition coefficient (Wildman–Crippen LogP) is 5.78. The molecule has 224 valence electrons. The lowest BCUT2D eigenvalue weighted by Crippen LogP contribution is -2.41. The van der Waals surface area contributed by atoms with Gasteiger partial charge in [0.05, 0.1) is 12.7 Å². The summed E-state index contributed by atoms with van der Waals surface area (Å²) in [5, 5.41) is 12.4. The van der Waals surface area contributed by atoms with Gasteiger partial charge in [0.25, 0.3) is 5.91 Å². The third-order valence-electron chi connectivity index (χ3n) is 8.50. The number of methoxy groups -OCH3 is 1. The summed E-state index contributed by atoms with van der Waals surface area (Å²) in [6.45, 7) is 5.13. The second-order valence-electron chi connectivity index (χ2n) is 11.6. The van der Waals surface area contributed by atoms with E-state index >= 15 is 0 Å².